The van der Waals surface area contributed by atoms with E-state index in [1.165, 1.54) is 26.2 Å². The number of para-hydroxylation sites is 1. The number of anilines is 1. The molecule has 0 aromatic heterocycles. The van der Waals surface area contributed by atoms with E-state index in [0.717, 1.165) is 17.3 Å². The molecule has 0 bridgehead atoms. The molecular weight excluding hydrogens is 366 g/mol. The van der Waals surface area contributed by atoms with Crippen LogP contribution >= 0.6 is 11.8 Å². The molecule has 1 aliphatic heterocycles. The van der Waals surface area contributed by atoms with Crippen LogP contribution < -0.4 is 19.1 Å². The summed E-state index contributed by atoms with van der Waals surface area (Å²) in [5, 5.41) is -0.333. The predicted octanol–water partition coefficient (Wildman–Crippen LogP) is 4.26. The summed E-state index contributed by atoms with van der Waals surface area (Å²) in [6.45, 7) is 1.86. The van der Waals surface area contributed by atoms with Gasteiger partial charge in [-0.2, -0.15) is 0 Å². The summed E-state index contributed by atoms with van der Waals surface area (Å²) in [6.07, 6.45) is 1.63. The third-order valence-electron chi connectivity index (χ3n) is 4.17. The van der Waals surface area contributed by atoms with Gasteiger partial charge in [0.15, 0.2) is 11.5 Å². The van der Waals surface area contributed by atoms with Crippen LogP contribution in [0.15, 0.2) is 41.3 Å². The third-order valence-corrected chi connectivity index (χ3v) is 5.04. The number of rotatable bonds is 5. The van der Waals surface area contributed by atoms with Crippen molar-refractivity contribution in [3.05, 3.63) is 52.4 Å². The number of carbonyl (C=O) groups excluding carboxylic acids is 2. The van der Waals surface area contributed by atoms with Crippen molar-refractivity contribution in [3.63, 3.8) is 0 Å². The molecule has 0 unspecified atom stereocenters. The second-order valence-corrected chi connectivity index (χ2v) is 6.72. The highest BCUT2D eigenvalue weighted by atomic mass is 32.2. The van der Waals surface area contributed by atoms with E-state index in [4.69, 9.17) is 14.2 Å². The van der Waals surface area contributed by atoms with Gasteiger partial charge < -0.3 is 14.2 Å². The molecule has 2 aromatic rings. The maximum Gasteiger partial charge on any atom is 0.298 e. The highest BCUT2D eigenvalue weighted by Gasteiger charge is 2.37. The minimum absolute atomic E-state index is 0.314. The number of imide groups is 1. The fourth-order valence-corrected chi connectivity index (χ4v) is 3.69. The Hall–Kier alpha value is -2.93. The smallest absolute Gasteiger partial charge is 0.298 e. The Labute approximate surface area is 161 Å². The average Bonchev–Trinajstić information content (AvgIpc) is 2.95. The molecule has 0 spiro atoms. The monoisotopic (exact) mass is 385 g/mol. The molecule has 0 atom stereocenters. The molecular formula is C20H19NO5S. The molecule has 0 aliphatic carbocycles. The zero-order valence-corrected chi connectivity index (χ0v) is 16.3. The zero-order chi connectivity index (χ0) is 19.6. The lowest BCUT2D eigenvalue weighted by molar-refractivity contribution is -0.113. The minimum atomic E-state index is -0.365. The first-order chi connectivity index (χ1) is 13.0. The molecule has 7 heteroatoms. The van der Waals surface area contributed by atoms with E-state index in [2.05, 4.69) is 0 Å². The van der Waals surface area contributed by atoms with Gasteiger partial charge in [0, 0.05) is 5.56 Å². The maximum absolute atomic E-state index is 12.9. The number of benzene rings is 2. The van der Waals surface area contributed by atoms with Crippen LogP contribution in [0, 0.1) is 6.92 Å². The molecule has 1 saturated heterocycles. The molecule has 1 fully saturated rings. The minimum Gasteiger partial charge on any atom is -0.493 e. The first kappa shape index (κ1) is 18.8. The van der Waals surface area contributed by atoms with Crippen LogP contribution in [0.3, 0.4) is 0 Å². The molecule has 2 amide bonds. The summed E-state index contributed by atoms with van der Waals surface area (Å²) >= 11 is 0.894. The van der Waals surface area contributed by atoms with Crippen LogP contribution in [0.1, 0.15) is 11.1 Å². The zero-order valence-electron chi connectivity index (χ0n) is 15.4. The van der Waals surface area contributed by atoms with Crippen LogP contribution in [0.2, 0.25) is 0 Å². The van der Waals surface area contributed by atoms with E-state index in [9.17, 15) is 9.59 Å². The molecule has 0 saturated carbocycles. The molecule has 2 aromatic carbocycles. The number of hydrogen-bond acceptors (Lipinski definition) is 6. The van der Waals surface area contributed by atoms with Gasteiger partial charge in [-0.05, 0) is 48.5 Å². The number of aryl methyl sites for hydroxylation is 1. The van der Waals surface area contributed by atoms with E-state index in [1.807, 2.05) is 19.1 Å². The molecule has 1 heterocycles. The Balaban J connectivity index is 2.03. The Bertz CT molecular complexity index is 938. The van der Waals surface area contributed by atoms with E-state index in [1.54, 1.807) is 30.3 Å². The molecule has 140 valence electrons. The summed E-state index contributed by atoms with van der Waals surface area (Å²) < 4.78 is 16.1. The van der Waals surface area contributed by atoms with Gasteiger partial charge in [-0.15, -0.1) is 0 Å². The molecule has 6 nitrogen and oxygen atoms in total. The van der Waals surface area contributed by atoms with Crippen LogP contribution in [0.4, 0.5) is 10.5 Å². The summed E-state index contributed by atoms with van der Waals surface area (Å²) in [6, 6.07) is 10.8. The topological polar surface area (TPSA) is 65.1 Å². The molecule has 1 aliphatic rings. The summed E-state index contributed by atoms with van der Waals surface area (Å²) in [5.74, 6) is 1.00. The van der Waals surface area contributed by atoms with Crippen molar-refractivity contribution in [1.29, 1.82) is 0 Å². The second kappa shape index (κ2) is 7.75. The Morgan fingerprint density at radius 3 is 2.26 bits per heavy atom. The van der Waals surface area contributed by atoms with E-state index in [0.29, 0.717) is 33.4 Å². The number of thioether (sulfide) groups is 1. The highest BCUT2D eigenvalue weighted by molar-refractivity contribution is 8.19. The standard InChI is InChI=1S/C20H19NO5S/c1-12-7-5-6-8-14(12)21-19(22)16(27-20(21)23)11-13-9-10-15(24-2)18(26-4)17(13)25-3/h5-11H,1-4H3/b16-11-. The number of nitrogens with zero attached hydrogens (tertiary/aromatic N) is 1. The van der Waals surface area contributed by atoms with Gasteiger partial charge in [0.05, 0.1) is 31.9 Å². The summed E-state index contributed by atoms with van der Waals surface area (Å²) in [4.78, 5) is 26.8. The average molecular weight is 385 g/mol. The largest absolute Gasteiger partial charge is 0.493 e. The van der Waals surface area contributed by atoms with E-state index >= 15 is 0 Å². The van der Waals surface area contributed by atoms with Gasteiger partial charge in [0.2, 0.25) is 5.75 Å². The summed E-state index contributed by atoms with van der Waals surface area (Å²) in [7, 11) is 4.55. The predicted molar refractivity (Wildman–Crippen MR) is 106 cm³/mol. The first-order valence-electron chi connectivity index (χ1n) is 8.14. The lowest BCUT2D eigenvalue weighted by Gasteiger charge is -2.15. The van der Waals surface area contributed by atoms with Gasteiger partial charge in [-0.1, -0.05) is 18.2 Å². The number of amides is 2. The summed E-state index contributed by atoms with van der Waals surface area (Å²) in [5.41, 5.74) is 2.05. The second-order valence-electron chi connectivity index (χ2n) is 5.73. The van der Waals surface area contributed by atoms with Crippen LogP contribution in [-0.2, 0) is 4.79 Å². The molecule has 0 N–H and O–H groups in total. The fourth-order valence-electron chi connectivity index (χ4n) is 2.87. The normalized spacial score (nSPS) is 15.4. The lowest BCUT2D eigenvalue weighted by atomic mass is 10.1. The van der Waals surface area contributed by atoms with Crippen molar-refractivity contribution in [2.75, 3.05) is 26.2 Å². The Morgan fingerprint density at radius 1 is 0.926 bits per heavy atom. The van der Waals surface area contributed by atoms with Gasteiger partial charge in [0.1, 0.15) is 0 Å². The first-order valence-corrected chi connectivity index (χ1v) is 8.96. The number of carbonyl (C=O) groups is 2. The van der Waals surface area contributed by atoms with Crippen molar-refractivity contribution in [1.82, 2.24) is 0 Å². The van der Waals surface area contributed by atoms with Crippen molar-refractivity contribution in [2.24, 2.45) is 0 Å². The van der Waals surface area contributed by atoms with Crippen molar-refractivity contribution in [2.45, 2.75) is 6.92 Å². The van der Waals surface area contributed by atoms with Crippen LogP contribution in [0.25, 0.3) is 6.08 Å². The Morgan fingerprint density at radius 2 is 1.63 bits per heavy atom. The van der Waals surface area contributed by atoms with Crippen LogP contribution in [0.5, 0.6) is 17.2 Å². The number of hydrogen-bond donors (Lipinski definition) is 0. The van der Waals surface area contributed by atoms with E-state index < -0.39 is 0 Å². The quantitative estimate of drug-likeness (QED) is 0.717. The number of methoxy groups -OCH3 is 3. The van der Waals surface area contributed by atoms with Gasteiger partial charge >= 0.3 is 0 Å². The van der Waals surface area contributed by atoms with E-state index in [-0.39, 0.29) is 11.1 Å². The van der Waals surface area contributed by atoms with Gasteiger partial charge in [-0.3, -0.25) is 9.59 Å². The lowest BCUT2D eigenvalue weighted by Crippen LogP contribution is -2.28. The highest BCUT2D eigenvalue weighted by Crippen LogP contribution is 2.43. The van der Waals surface area contributed by atoms with Crippen LogP contribution in [-0.4, -0.2) is 32.5 Å². The van der Waals surface area contributed by atoms with Crippen molar-refractivity contribution < 1.29 is 23.8 Å². The number of ether oxygens (including phenoxy) is 3. The third kappa shape index (κ3) is 3.38. The maximum atomic E-state index is 12.9. The SMILES string of the molecule is COc1ccc(/C=C2\SC(=O)N(c3ccccc3C)C2=O)c(OC)c1OC. The molecule has 3 rings (SSSR count). The molecule has 0 radical (unpaired) electrons. The fraction of sp³-hybridized carbons (Fsp3) is 0.200. The molecule has 27 heavy (non-hydrogen) atoms. The van der Waals surface area contributed by atoms with Gasteiger partial charge in [-0.25, -0.2) is 4.90 Å². The Kier molecular flexibility index (Phi) is 5.41. The van der Waals surface area contributed by atoms with Gasteiger partial charge in [0.25, 0.3) is 11.1 Å². The van der Waals surface area contributed by atoms with Crippen molar-refractivity contribution in [3.8, 4) is 17.2 Å². The van der Waals surface area contributed by atoms with Crippen molar-refractivity contribution >= 4 is 34.7 Å².